The molecule has 1 heterocycles. The maximum Gasteiger partial charge on any atom is 0.143 e. The minimum Gasteiger partial charge on any atom is -0.455 e. The molecule has 14 rings (SSSR count). The van der Waals surface area contributed by atoms with Crippen molar-refractivity contribution in [1.29, 1.82) is 0 Å². The van der Waals surface area contributed by atoms with Gasteiger partial charge in [0.15, 0.2) is 0 Å². The van der Waals surface area contributed by atoms with Gasteiger partial charge in [0.1, 0.15) is 11.2 Å². The fourth-order valence-corrected chi connectivity index (χ4v) is 11.5. The summed E-state index contributed by atoms with van der Waals surface area (Å²) >= 11 is 0. The molecule has 1 aliphatic rings. The van der Waals surface area contributed by atoms with Crippen LogP contribution >= 0.6 is 0 Å². The molecular formula is C63H41NO. The third-order valence-corrected chi connectivity index (χ3v) is 14.6. The number of benzene rings is 12. The number of rotatable bonds is 4. The first-order valence-corrected chi connectivity index (χ1v) is 22.7. The Morgan fingerprint density at radius 3 is 1.62 bits per heavy atom. The molecule has 13 aromatic rings. The first kappa shape index (κ1) is 36.3. The van der Waals surface area contributed by atoms with Crippen LogP contribution in [0, 0.1) is 0 Å². The van der Waals surface area contributed by atoms with Crippen molar-refractivity contribution in [3.63, 3.8) is 0 Å². The second-order valence-electron chi connectivity index (χ2n) is 18.4. The van der Waals surface area contributed by atoms with Gasteiger partial charge in [-0.15, -0.1) is 0 Å². The van der Waals surface area contributed by atoms with E-state index in [9.17, 15) is 0 Å². The van der Waals surface area contributed by atoms with Crippen LogP contribution in [0.25, 0.3) is 109 Å². The summed E-state index contributed by atoms with van der Waals surface area (Å²) in [7, 11) is 0. The molecule has 65 heavy (non-hydrogen) atoms. The lowest BCUT2D eigenvalue weighted by molar-refractivity contribution is 0.660. The number of anilines is 3. The summed E-state index contributed by atoms with van der Waals surface area (Å²) in [4.78, 5) is 2.46. The van der Waals surface area contributed by atoms with Gasteiger partial charge in [-0.1, -0.05) is 178 Å². The molecule has 12 aromatic carbocycles. The molecule has 1 aromatic heterocycles. The first-order valence-electron chi connectivity index (χ1n) is 22.7. The van der Waals surface area contributed by atoms with Crippen LogP contribution in [0.1, 0.15) is 25.0 Å². The number of fused-ring (bicyclic) bond motifs is 16. The predicted octanol–water partition coefficient (Wildman–Crippen LogP) is 17.9. The lowest BCUT2D eigenvalue weighted by Crippen LogP contribution is -2.16. The van der Waals surface area contributed by atoms with Crippen molar-refractivity contribution in [3.8, 4) is 22.3 Å². The van der Waals surface area contributed by atoms with Crippen LogP contribution in [-0.2, 0) is 5.41 Å². The van der Waals surface area contributed by atoms with Gasteiger partial charge >= 0.3 is 0 Å². The summed E-state index contributed by atoms with van der Waals surface area (Å²) in [5.74, 6) is 0. The van der Waals surface area contributed by atoms with E-state index in [1.54, 1.807) is 0 Å². The van der Waals surface area contributed by atoms with Gasteiger partial charge in [0.05, 0.1) is 5.69 Å². The smallest absolute Gasteiger partial charge is 0.143 e. The molecule has 0 saturated carbocycles. The standard InChI is InChI=1S/C63H41NO/c1-63(2)57-26-14-13-24-51(57)52-31-28-41(36-58(52)63)64(59-35-39-16-3-5-17-43(39)45-19-11-12-25-53(45)59)42-29-32-54-56-33-38-15-4-6-18-44(38)61(62(56)65-60(54)37-42)40-27-30-50-48-22-8-7-20-46(48)47-21-9-10-23-49(47)55(50)34-40/h3-37H,1-2H3. The fraction of sp³-hybridized carbons (Fsp3) is 0.0476. The number of nitrogens with zero attached hydrogens (tertiary/aromatic N) is 1. The van der Waals surface area contributed by atoms with Crippen LogP contribution in [-0.4, -0.2) is 0 Å². The average molecular weight is 828 g/mol. The Morgan fingerprint density at radius 1 is 0.354 bits per heavy atom. The summed E-state index contributed by atoms with van der Waals surface area (Å²) in [6.07, 6.45) is 0. The van der Waals surface area contributed by atoms with Crippen molar-refractivity contribution < 1.29 is 4.42 Å². The van der Waals surface area contributed by atoms with Gasteiger partial charge in [-0.25, -0.2) is 0 Å². The van der Waals surface area contributed by atoms with Crippen LogP contribution in [0.5, 0.6) is 0 Å². The Balaban J connectivity index is 1.02. The number of furan rings is 1. The van der Waals surface area contributed by atoms with Gasteiger partial charge in [0, 0.05) is 44.6 Å². The monoisotopic (exact) mass is 827 g/mol. The highest BCUT2D eigenvalue weighted by Crippen LogP contribution is 2.52. The van der Waals surface area contributed by atoms with E-state index in [0.717, 1.165) is 50.1 Å². The van der Waals surface area contributed by atoms with E-state index in [0.29, 0.717) is 0 Å². The van der Waals surface area contributed by atoms with E-state index in [1.165, 1.54) is 86.9 Å². The topological polar surface area (TPSA) is 16.4 Å². The van der Waals surface area contributed by atoms with Gasteiger partial charge < -0.3 is 9.32 Å². The zero-order chi connectivity index (χ0) is 43.0. The SMILES string of the molecule is CC1(C)c2ccccc2-c2ccc(N(c3ccc4c(c3)oc3c(-c5ccc6c7ccccc7c7ccccc7c6c5)c5ccccc5cc34)c3cc4ccccc4c4ccccc34)cc21. The van der Waals surface area contributed by atoms with Crippen LogP contribution in [0.2, 0.25) is 0 Å². The Hall–Kier alpha value is -8.20. The minimum absolute atomic E-state index is 0.150. The zero-order valence-electron chi connectivity index (χ0n) is 36.1. The first-order chi connectivity index (χ1) is 32.0. The van der Waals surface area contributed by atoms with Gasteiger partial charge in [-0.3, -0.25) is 0 Å². The summed E-state index contributed by atoms with van der Waals surface area (Å²) in [5.41, 5.74) is 12.5. The zero-order valence-corrected chi connectivity index (χ0v) is 36.1. The summed E-state index contributed by atoms with van der Waals surface area (Å²) in [5, 5.41) is 17.1. The molecule has 0 unspecified atom stereocenters. The molecule has 2 heteroatoms. The third-order valence-electron chi connectivity index (χ3n) is 14.6. The molecule has 0 bridgehead atoms. The highest BCUT2D eigenvalue weighted by atomic mass is 16.3. The van der Waals surface area contributed by atoms with Crippen LogP contribution < -0.4 is 4.90 Å². The van der Waals surface area contributed by atoms with E-state index in [-0.39, 0.29) is 5.41 Å². The Bertz CT molecular complexity index is 4130. The van der Waals surface area contributed by atoms with E-state index in [1.807, 2.05) is 0 Å². The predicted molar refractivity (Wildman–Crippen MR) is 276 cm³/mol. The maximum absolute atomic E-state index is 7.26. The largest absolute Gasteiger partial charge is 0.455 e. The molecule has 0 fully saturated rings. The fourth-order valence-electron chi connectivity index (χ4n) is 11.5. The molecule has 304 valence electrons. The minimum atomic E-state index is -0.150. The molecule has 0 spiro atoms. The molecule has 0 N–H and O–H groups in total. The lowest BCUT2D eigenvalue weighted by Gasteiger charge is -2.29. The van der Waals surface area contributed by atoms with E-state index < -0.39 is 0 Å². The maximum atomic E-state index is 7.26. The third kappa shape index (κ3) is 5.17. The number of hydrogen-bond acceptors (Lipinski definition) is 2. The van der Waals surface area contributed by atoms with Crippen LogP contribution in [0.3, 0.4) is 0 Å². The lowest BCUT2D eigenvalue weighted by atomic mass is 9.82. The Morgan fingerprint density at radius 2 is 0.877 bits per heavy atom. The second kappa shape index (κ2) is 13.4. The molecule has 0 amide bonds. The van der Waals surface area contributed by atoms with Crippen molar-refractivity contribution in [2.45, 2.75) is 19.3 Å². The molecule has 0 aliphatic heterocycles. The molecule has 0 saturated heterocycles. The highest BCUT2D eigenvalue weighted by Gasteiger charge is 2.36. The highest BCUT2D eigenvalue weighted by molar-refractivity contribution is 6.27. The Labute approximate surface area is 376 Å². The molecule has 1 aliphatic carbocycles. The molecular weight excluding hydrogens is 787 g/mol. The van der Waals surface area contributed by atoms with E-state index in [2.05, 4.69) is 231 Å². The van der Waals surface area contributed by atoms with Crippen molar-refractivity contribution in [2.75, 3.05) is 4.90 Å². The molecule has 0 atom stereocenters. The van der Waals surface area contributed by atoms with E-state index >= 15 is 0 Å². The van der Waals surface area contributed by atoms with Gasteiger partial charge in [0.2, 0.25) is 0 Å². The normalized spacial score (nSPS) is 13.2. The Kier molecular flexibility index (Phi) is 7.49. The van der Waals surface area contributed by atoms with Crippen LogP contribution in [0.15, 0.2) is 217 Å². The average Bonchev–Trinajstić information content (AvgIpc) is 3.83. The summed E-state index contributed by atoms with van der Waals surface area (Å²) in [6.45, 7) is 4.72. The van der Waals surface area contributed by atoms with Crippen molar-refractivity contribution >= 4 is 104 Å². The van der Waals surface area contributed by atoms with Crippen LogP contribution in [0.4, 0.5) is 17.1 Å². The summed E-state index contributed by atoms with van der Waals surface area (Å²) in [6, 6.07) is 78.4. The van der Waals surface area contributed by atoms with Crippen molar-refractivity contribution in [2.24, 2.45) is 0 Å². The second-order valence-corrected chi connectivity index (χ2v) is 18.4. The van der Waals surface area contributed by atoms with Gasteiger partial charge in [-0.05, 0) is 130 Å². The number of hydrogen-bond donors (Lipinski definition) is 0. The summed E-state index contributed by atoms with van der Waals surface area (Å²) < 4.78 is 7.26. The van der Waals surface area contributed by atoms with Crippen molar-refractivity contribution in [1.82, 2.24) is 0 Å². The molecule has 2 nitrogen and oxygen atoms in total. The van der Waals surface area contributed by atoms with Crippen molar-refractivity contribution in [3.05, 3.63) is 223 Å². The van der Waals surface area contributed by atoms with Gasteiger partial charge in [0.25, 0.3) is 0 Å². The van der Waals surface area contributed by atoms with E-state index in [4.69, 9.17) is 4.42 Å². The quantitative estimate of drug-likeness (QED) is 0.164. The molecule has 0 radical (unpaired) electrons. The van der Waals surface area contributed by atoms with Gasteiger partial charge in [-0.2, -0.15) is 0 Å².